The minimum atomic E-state index is -4.01. The average molecular weight is 567 g/mol. The van der Waals surface area contributed by atoms with Crippen LogP contribution in [0.5, 0.6) is 23.0 Å². The first kappa shape index (κ1) is 28.5. The number of benzene rings is 2. The lowest BCUT2D eigenvalue weighted by molar-refractivity contribution is 0.197. The van der Waals surface area contributed by atoms with Crippen molar-refractivity contribution in [3.63, 3.8) is 0 Å². The summed E-state index contributed by atoms with van der Waals surface area (Å²) in [5, 5.41) is 0. The second-order valence-electron chi connectivity index (χ2n) is 9.62. The second-order valence-corrected chi connectivity index (χ2v) is 13.2. The third-order valence-electron chi connectivity index (χ3n) is 6.69. The van der Waals surface area contributed by atoms with Crippen LogP contribution in [0, 0.1) is 13.8 Å². The fraction of sp³-hybridized carbons (Fsp3) is 0.571. The maximum Gasteiger partial charge on any atom is 0.587 e. The van der Waals surface area contributed by atoms with E-state index in [1.54, 1.807) is 26.0 Å². The number of aryl methyl sites for hydroxylation is 2. The highest BCUT2D eigenvalue weighted by Gasteiger charge is 2.41. The summed E-state index contributed by atoms with van der Waals surface area (Å²) in [6.07, 6.45) is 12.1. The first-order valence-corrected chi connectivity index (χ1v) is 16.4. The van der Waals surface area contributed by atoms with Crippen LogP contribution in [0.15, 0.2) is 31.7 Å². The molecule has 6 nitrogen and oxygen atoms in total. The van der Waals surface area contributed by atoms with Gasteiger partial charge in [0, 0.05) is 9.79 Å². The standard InChI is InChI=1S/C28H39O6PS2/c1-6-7-8-9-10-11-12-13-14-15-16-32-35(29)33-23-21(30-4)17-19(2)25-27(23)37-28-24(34-35)22(31-5)18-20(3)26(28)36-25/h17-18H,6-16H2,1-5H3. The van der Waals surface area contributed by atoms with Gasteiger partial charge in [-0.1, -0.05) is 88.2 Å². The van der Waals surface area contributed by atoms with Crippen molar-refractivity contribution in [2.45, 2.75) is 105 Å². The molecule has 0 saturated carbocycles. The first-order chi connectivity index (χ1) is 17.9. The summed E-state index contributed by atoms with van der Waals surface area (Å²) in [6.45, 7) is 6.64. The van der Waals surface area contributed by atoms with Crippen molar-refractivity contribution in [3.8, 4) is 23.0 Å². The number of methoxy groups -OCH3 is 2. The molecule has 0 unspecified atom stereocenters. The Bertz CT molecular complexity index is 1080. The Morgan fingerprint density at radius 1 is 0.703 bits per heavy atom. The van der Waals surface area contributed by atoms with Crippen LogP contribution in [-0.2, 0) is 9.09 Å². The van der Waals surface area contributed by atoms with E-state index in [1.807, 2.05) is 26.0 Å². The van der Waals surface area contributed by atoms with E-state index in [9.17, 15) is 4.57 Å². The third-order valence-corrected chi connectivity index (χ3v) is 10.9. The fourth-order valence-electron chi connectivity index (χ4n) is 4.62. The van der Waals surface area contributed by atoms with Crippen molar-refractivity contribution in [3.05, 3.63) is 23.3 Å². The van der Waals surface area contributed by atoms with Crippen LogP contribution in [0.1, 0.15) is 82.3 Å². The maximum absolute atomic E-state index is 14.0. The fourth-order valence-corrected chi connectivity index (χ4v) is 8.75. The SMILES string of the molecule is CCCCCCCCCCCCOP1(=O)Oc2c(OC)cc(C)c3c2Sc2c(c(OC)cc(C)c2S3)O1. The van der Waals surface area contributed by atoms with Crippen LogP contribution in [-0.4, -0.2) is 20.8 Å². The van der Waals surface area contributed by atoms with Crippen molar-refractivity contribution >= 4 is 31.3 Å². The number of phosphoric acid groups is 1. The lowest BCUT2D eigenvalue weighted by Crippen LogP contribution is -2.12. The first-order valence-electron chi connectivity index (χ1n) is 13.3. The molecule has 0 aliphatic carbocycles. The van der Waals surface area contributed by atoms with Crippen molar-refractivity contribution in [1.82, 2.24) is 0 Å². The highest BCUT2D eigenvalue weighted by atomic mass is 32.2. The van der Waals surface area contributed by atoms with Crippen molar-refractivity contribution in [2.24, 2.45) is 0 Å². The highest BCUT2D eigenvalue weighted by Crippen LogP contribution is 2.66. The number of ether oxygens (including phenoxy) is 2. The Morgan fingerprint density at radius 3 is 1.59 bits per heavy atom. The summed E-state index contributed by atoms with van der Waals surface area (Å²) >= 11 is 3.20. The van der Waals surface area contributed by atoms with Gasteiger partial charge in [-0.15, -0.1) is 0 Å². The number of phosphoric ester groups is 1. The van der Waals surface area contributed by atoms with E-state index in [0.717, 1.165) is 50.0 Å². The topological polar surface area (TPSA) is 63.2 Å². The van der Waals surface area contributed by atoms with Gasteiger partial charge < -0.3 is 18.5 Å². The Labute approximate surface area is 230 Å². The van der Waals surface area contributed by atoms with E-state index in [1.165, 1.54) is 56.7 Å². The Balaban J connectivity index is 1.49. The molecule has 2 heterocycles. The minimum absolute atomic E-state index is 0.294. The van der Waals surface area contributed by atoms with Gasteiger partial charge in [-0.25, -0.2) is 4.57 Å². The van der Waals surface area contributed by atoms with Gasteiger partial charge in [0.05, 0.1) is 30.6 Å². The van der Waals surface area contributed by atoms with Crippen LogP contribution in [0.4, 0.5) is 0 Å². The van der Waals surface area contributed by atoms with E-state index in [2.05, 4.69) is 6.92 Å². The molecule has 0 saturated heterocycles. The van der Waals surface area contributed by atoms with Gasteiger partial charge in [-0.2, -0.15) is 0 Å². The van der Waals surface area contributed by atoms with E-state index < -0.39 is 7.82 Å². The molecule has 0 amide bonds. The predicted molar refractivity (Wildman–Crippen MR) is 150 cm³/mol. The molecule has 204 valence electrons. The quantitative estimate of drug-likeness (QED) is 0.141. The van der Waals surface area contributed by atoms with Gasteiger partial charge in [0.25, 0.3) is 0 Å². The number of rotatable bonds is 14. The van der Waals surface area contributed by atoms with Crippen LogP contribution in [0.2, 0.25) is 0 Å². The second kappa shape index (κ2) is 13.1. The Morgan fingerprint density at radius 2 is 1.14 bits per heavy atom. The van der Waals surface area contributed by atoms with E-state index in [0.29, 0.717) is 29.6 Å². The average Bonchev–Trinajstić information content (AvgIpc) is 2.89. The third kappa shape index (κ3) is 6.58. The van der Waals surface area contributed by atoms with Gasteiger partial charge in [0.1, 0.15) is 0 Å². The summed E-state index contributed by atoms with van der Waals surface area (Å²) in [6, 6.07) is 3.83. The molecule has 2 aliphatic heterocycles. The zero-order valence-electron chi connectivity index (χ0n) is 22.6. The molecule has 2 bridgehead atoms. The Kier molecular flexibility index (Phi) is 10.1. The normalized spacial score (nSPS) is 14.8. The monoisotopic (exact) mass is 566 g/mol. The minimum Gasteiger partial charge on any atom is -0.493 e. The van der Waals surface area contributed by atoms with Crippen molar-refractivity contribution in [2.75, 3.05) is 20.8 Å². The van der Waals surface area contributed by atoms with Crippen LogP contribution < -0.4 is 18.5 Å². The summed E-state index contributed by atoms with van der Waals surface area (Å²) in [4.78, 5) is 3.87. The van der Waals surface area contributed by atoms with Crippen LogP contribution in [0.3, 0.4) is 0 Å². The van der Waals surface area contributed by atoms with Gasteiger partial charge in [-0.05, 0) is 43.5 Å². The molecular weight excluding hydrogens is 527 g/mol. The molecule has 2 aliphatic rings. The molecule has 0 aromatic heterocycles. The molecular formula is C28H39O6PS2. The van der Waals surface area contributed by atoms with E-state index in [4.69, 9.17) is 23.0 Å². The van der Waals surface area contributed by atoms with E-state index >= 15 is 0 Å². The van der Waals surface area contributed by atoms with E-state index in [-0.39, 0.29) is 0 Å². The van der Waals surface area contributed by atoms with Crippen molar-refractivity contribution in [1.29, 1.82) is 0 Å². The molecule has 2 aromatic carbocycles. The number of hydrogen-bond donors (Lipinski definition) is 0. The lowest BCUT2D eigenvalue weighted by atomic mass is 10.1. The van der Waals surface area contributed by atoms with Gasteiger partial charge >= 0.3 is 7.82 Å². The molecule has 2 aromatic rings. The summed E-state index contributed by atoms with van der Waals surface area (Å²) < 4.78 is 43.3. The van der Waals surface area contributed by atoms with Gasteiger partial charge in [-0.3, -0.25) is 4.52 Å². The molecule has 37 heavy (non-hydrogen) atoms. The summed E-state index contributed by atoms with van der Waals surface area (Å²) in [5.41, 5.74) is 2.14. The molecule has 9 heteroatoms. The predicted octanol–water partition coefficient (Wildman–Crippen LogP) is 9.75. The molecule has 0 fully saturated rings. The molecule has 0 atom stereocenters. The lowest BCUT2D eigenvalue weighted by Gasteiger charge is -2.31. The zero-order valence-corrected chi connectivity index (χ0v) is 25.2. The van der Waals surface area contributed by atoms with Crippen LogP contribution in [0.25, 0.3) is 0 Å². The summed E-state index contributed by atoms with van der Waals surface area (Å²) in [5.74, 6) is 1.84. The smallest absolute Gasteiger partial charge is 0.493 e. The summed E-state index contributed by atoms with van der Waals surface area (Å²) in [7, 11) is -0.839. The number of unbranched alkanes of at least 4 members (excludes halogenated alkanes) is 9. The molecule has 0 N–H and O–H groups in total. The molecule has 0 radical (unpaired) electrons. The van der Waals surface area contributed by atoms with Crippen LogP contribution >= 0.6 is 31.3 Å². The van der Waals surface area contributed by atoms with Gasteiger partial charge in [0.15, 0.2) is 23.0 Å². The largest absolute Gasteiger partial charge is 0.587 e. The Hall–Kier alpha value is -1.47. The highest BCUT2D eigenvalue weighted by molar-refractivity contribution is 8.05. The zero-order chi connectivity index (χ0) is 26.4. The molecule has 4 rings (SSSR count). The van der Waals surface area contributed by atoms with Crippen molar-refractivity contribution < 1.29 is 27.6 Å². The maximum atomic E-state index is 14.0. The number of hydrogen-bond acceptors (Lipinski definition) is 8. The van der Waals surface area contributed by atoms with Gasteiger partial charge in [0.2, 0.25) is 0 Å². The molecule has 0 spiro atoms.